The van der Waals surface area contributed by atoms with Crippen molar-refractivity contribution in [1.82, 2.24) is 4.90 Å². The first-order chi connectivity index (χ1) is 10.2. The Morgan fingerprint density at radius 2 is 1.86 bits per heavy atom. The molecule has 2 rings (SSSR count). The normalized spacial score (nSPS) is 20.0. The molecule has 0 aliphatic carbocycles. The molecular formula is C17H25NO3S. The minimum Gasteiger partial charge on any atom is -0.342 e. The number of likely N-dealkylation sites (tertiary alicyclic amines) is 1. The Bertz CT molecular complexity index is 617. The van der Waals surface area contributed by atoms with Crippen LogP contribution in [-0.4, -0.2) is 38.1 Å². The van der Waals surface area contributed by atoms with Gasteiger partial charge in [0, 0.05) is 18.5 Å². The van der Waals surface area contributed by atoms with Crippen molar-refractivity contribution >= 4 is 15.7 Å². The van der Waals surface area contributed by atoms with Gasteiger partial charge in [-0.1, -0.05) is 39.0 Å². The van der Waals surface area contributed by atoms with Crippen LogP contribution in [0.3, 0.4) is 0 Å². The molecule has 122 valence electrons. The van der Waals surface area contributed by atoms with E-state index in [-0.39, 0.29) is 17.6 Å². The minimum atomic E-state index is -3.28. The predicted molar refractivity (Wildman–Crippen MR) is 87.3 cm³/mol. The molecule has 5 heteroatoms. The van der Waals surface area contributed by atoms with E-state index in [1.54, 1.807) is 24.3 Å². The van der Waals surface area contributed by atoms with E-state index in [2.05, 4.69) is 0 Å². The highest BCUT2D eigenvalue weighted by molar-refractivity contribution is 7.91. The largest absolute Gasteiger partial charge is 0.342 e. The Kier molecular flexibility index (Phi) is 4.95. The third-order valence-electron chi connectivity index (χ3n) is 4.01. The van der Waals surface area contributed by atoms with Crippen molar-refractivity contribution in [1.29, 1.82) is 0 Å². The summed E-state index contributed by atoms with van der Waals surface area (Å²) in [6.45, 7) is 6.99. The SMILES string of the molecule is CC(C)(C)C(=O)N1CCCC(CS(=O)(=O)c2ccccc2)C1. The van der Waals surface area contributed by atoms with E-state index in [9.17, 15) is 13.2 Å². The van der Waals surface area contributed by atoms with Crippen LogP contribution in [0.1, 0.15) is 33.6 Å². The standard InChI is InChI=1S/C17H25NO3S/c1-17(2,3)16(19)18-11-7-8-14(12-18)13-22(20,21)15-9-5-4-6-10-15/h4-6,9-10,14H,7-8,11-13H2,1-3H3. The van der Waals surface area contributed by atoms with Crippen LogP contribution in [0.15, 0.2) is 35.2 Å². The summed E-state index contributed by atoms with van der Waals surface area (Å²) in [5, 5.41) is 0. The maximum Gasteiger partial charge on any atom is 0.227 e. The predicted octanol–water partition coefficient (Wildman–Crippen LogP) is 2.75. The molecule has 1 saturated heterocycles. The van der Waals surface area contributed by atoms with Crippen molar-refractivity contribution in [3.8, 4) is 0 Å². The molecule has 1 aromatic carbocycles. The fourth-order valence-corrected chi connectivity index (χ4v) is 4.55. The highest BCUT2D eigenvalue weighted by Gasteiger charge is 2.32. The number of piperidine rings is 1. The lowest BCUT2D eigenvalue weighted by molar-refractivity contribution is -0.141. The Balaban J connectivity index is 2.06. The number of sulfone groups is 1. The molecule has 1 fully saturated rings. The van der Waals surface area contributed by atoms with Gasteiger partial charge in [-0.2, -0.15) is 0 Å². The summed E-state index contributed by atoms with van der Waals surface area (Å²) in [5.74, 6) is 0.241. The number of hydrogen-bond donors (Lipinski definition) is 0. The topological polar surface area (TPSA) is 54.5 Å². The number of carbonyl (C=O) groups excluding carboxylic acids is 1. The van der Waals surface area contributed by atoms with Crippen LogP contribution < -0.4 is 0 Å². The van der Waals surface area contributed by atoms with Crippen molar-refractivity contribution in [3.63, 3.8) is 0 Å². The molecule has 0 saturated carbocycles. The van der Waals surface area contributed by atoms with Gasteiger partial charge in [-0.15, -0.1) is 0 Å². The van der Waals surface area contributed by atoms with Crippen LogP contribution in [-0.2, 0) is 14.6 Å². The van der Waals surface area contributed by atoms with Crippen LogP contribution in [0.25, 0.3) is 0 Å². The quantitative estimate of drug-likeness (QED) is 0.859. The van der Waals surface area contributed by atoms with E-state index >= 15 is 0 Å². The zero-order valence-electron chi connectivity index (χ0n) is 13.6. The van der Waals surface area contributed by atoms with Crippen molar-refractivity contribution in [2.75, 3.05) is 18.8 Å². The summed E-state index contributed by atoms with van der Waals surface area (Å²) in [6, 6.07) is 8.56. The van der Waals surface area contributed by atoms with Gasteiger partial charge >= 0.3 is 0 Å². The Labute approximate surface area is 133 Å². The van der Waals surface area contributed by atoms with Crippen LogP contribution >= 0.6 is 0 Å². The van der Waals surface area contributed by atoms with Gasteiger partial charge in [-0.05, 0) is 30.9 Å². The molecular weight excluding hydrogens is 298 g/mol. The molecule has 0 bridgehead atoms. The second kappa shape index (κ2) is 6.41. The van der Waals surface area contributed by atoms with Gasteiger partial charge in [0.15, 0.2) is 9.84 Å². The lowest BCUT2D eigenvalue weighted by atomic mass is 9.92. The number of amides is 1. The Morgan fingerprint density at radius 1 is 1.23 bits per heavy atom. The maximum atomic E-state index is 12.5. The first-order valence-corrected chi connectivity index (χ1v) is 9.42. The fraction of sp³-hybridized carbons (Fsp3) is 0.588. The summed E-state index contributed by atoms with van der Waals surface area (Å²) >= 11 is 0. The van der Waals surface area contributed by atoms with Gasteiger partial charge in [0.2, 0.25) is 5.91 Å². The van der Waals surface area contributed by atoms with Crippen molar-refractivity contribution in [2.24, 2.45) is 11.3 Å². The number of carbonyl (C=O) groups is 1. The summed E-state index contributed by atoms with van der Waals surface area (Å²) in [7, 11) is -3.28. The summed E-state index contributed by atoms with van der Waals surface area (Å²) < 4.78 is 24.9. The Morgan fingerprint density at radius 3 is 2.45 bits per heavy atom. The molecule has 1 aliphatic heterocycles. The molecule has 1 amide bonds. The average molecular weight is 323 g/mol. The average Bonchev–Trinajstić information content (AvgIpc) is 2.46. The first-order valence-electron chi connectivity index (χ1n) is 7.77. The zero-order valence-corrected chi connectivity index (χ0v) is 14.4. The van der Waals surface area contributed by atoms with E-state index in [0.717, 1.165) is 19.4 Å². The van der Waals surface area contributed by atoms with E-state index in [1.807, 2.05) is 31.7 Å². The Hall–Kier alpha value is -1.36. The van der Waals surface area contributed by atoms with E-state index < -0.39 is 15.3 Å². The molecule has 22 heavy (non-hydrogen) atoms. The third-order valence-corrected chi connectivity index (χ3v) is 5.91. The van der Waals surface area contributed by atoms with Gasteiger partial charge < -0.3 is 4.90 Å². The second-order valence-corrected chi connectivity index (χ2v) is 9.14. The molecule has 0 N–H and O–H groups in total. The number of hydrogen-bond acceptors (Lipinski definition) is 3. The molecule has 4 nitrogen and oxygen atoms in total. The highest BCUT2D eigenvalue weighted by atomic mass is 32.2. The van der Waals surface area contributed by atoms with Crippen LogP contribution in [0.2, 0.25) is 0 Å². The number of nitrogens with zero attached hydrogens (tertiary/aromatic N) is 1. The lowest BCUT2D eigenvalue weighted by Gasteiger charge is -2.36. The number of benzene rings is 1. The highest BCUT2D eigenvalue weighted by Crippen LogP contribution is 2.25. The summed E-state index contributed by atoms with van der Waals surface area (Å²) in [6.07, 6.45) is 1.73. The molecule has 0 spiro atoms. The van der Waals surface area contributed by atoms with Gasteiger partial charge in [0.1, 0.15) is 0 Å². The molecule has 1 aliphatic rings. The third kappa shape index (κ3) is 4.09. The van der Waals surface area contributed by atoms with Crippen LogP contribution in [0.5, 0.6) is 0 Å². The summed E-state index contributed by atoms with van der Waals surface area (Å²) in [5.41, 5.74) is -0.416. The van der Waals surface area contributed by atoms with Gasteiger partial charge in [-0.3, -0.25) is 4.79 Å². The lowest BCUT2D eigenvalue weighted by Crippen LogP contribution is -2.46. The van der Waals surface area contributed by atoms with E-state index in [1.165, 1.54) is 0 Å². The van der Waals surface area contributed by atoms with Gasteiger partial charge in [0.05, 0.1) is 10.6 Å². The fourth-order valence-electron chi connectivity index (χ4n) is 2.89. The number of rotatable bonds is 3. The van der Waals surface area contributed by atoms with E-state index in [0.29, 0.717) is 11.4 Å². The van der Waals surface area contributed by atoms with Gasteiger partial charge in [0.25, 0.3) is 0 Å². The molecule has 1 heterocycles. The van der Waals surface area contributed by atoms with Crippen LogP contribution in [0.4, 0.5) is 0 Å². The van der Waals surface area contributed by atoms with Crippen molar-refractivity contribution < 1.29 is 13.2 Å². The molecule has 1 unspecified atom stereocenters. The van der Waals surface area contributed by atoms with Gasteiger partial charge in [-0.25, -0.2) is 8.42 Å². The van der Waals surface area contributed by atoms with Crippen molar-refractivity contribution in [2.45, 2.75) is 38.5 Å². The molecule has 0 aromatic heterocycles. The smallest absolute Gasteiger partial charge is 0.227 e. The first kappa shape index (κ1) is 17.0. The maximum absolute atomic E-state index is 12.5. The molecule has 0 radical (unpaired) electrons. The zero-order chi connectivity index (χ0) is 16.4. The second-order valence-electron chi connectivity index (χ2n) is 7.10. The minimum absolute atomic E-state index is 0.0188. The molecule has 1 aromatic rings. The van der Waals surface area contributed by atoms with Crippen molar-refractivity contribution in [3.05, 3.63) is 30.3 Å². The summed E-state index contributed by atoms with van der Waals surface area (Å²) in [4.78, 5) is 14.6. The monoisotopic (exact) mass is 323 g/mol. The molecule has 1 atom stereocenters. The van der Waals surface area contributed by atoms with E-state index in [4.69, 9.17) is 0 Å². The van der Waals surface area contributed by atoms with Crippen LogP contribution in [0, 0.1) is 11.3 Å².